The molecular formula is C56H106O2. The fraction of sp³-hybridized carbons (Fsp3) is 0.893. The minimum Gasteiger partial charge on any atom is -0.507 e. The highest BCUT2D eigenvalue weighted by Gasteiger charge is 2.24. The van der Waals surface area contributed by atoms with Crippen molar-refractivity contribution in [3.05, 3.63) is 22.3 Å². The maximum atomic E-state index is 12.5. The Bertz CT molecular complexity index is 997. The predicted octanol–water partition coefficient (Wildman–Crippen LogP) is 19.6. The van der Waals surface area contributed by atoms with Crippen molar-refractivity contribution in [2.45, 2.75) is 317 Å². The van der Waals surface area contributed by atoms with Crippen LogP contribution in [0, 0.1) is 0 Å². The lowest BCUT2D eigenvalue weighted by atomic mass is 9.85. The van der Waals surface area contributed by atoms with Gasteiger partial charge in [0.25, 0.3) is 0 Å². The van der Waals surface area contributed by atoms with Gasteiger partial charge in [0, 0.05) is 5.56 Å². The summed E-state index contributed by atoms with van der Waals surface area (Å²) >= 11 is 0. The molecule has 342 valence electrons. The molecule has 0 aliphatic carbocycles. The molecule has 0 saturated heterocycles. The second-order valence-corrected chi connectivity index (χ2v) is 18.8. The molecule has 1 N–H and O–H groups in total. The molecule has 0 unspecified atom stereocenters. The summed E-state index contributed by atoms with van der Waals surface area (Å²) in [4.78, 5) is 0. The van der Waals surface area contributed by atoms with Crippen LogP contribution in [0.5, 0.6) is 11.5 Å². The Hall–Kier alpha value is -1.18. The van der Waals surface area contributed by atoms with Crippen LogP contribution in [0.25, 0.3) is 0 Å². The van der Waals surface area contributed by atoms with E-state index in [-0.39, 0.29) is 0 Å². The highest BCUT2D eigenvalue weighted by Crippen LogP contribution is 2.42. The van der Waals surface area contributed by atoms with Crippen LogP contribution in [0.2, 0.25) is 0 Å². The van der Waals surface area contributed by atoms with E-state index in [0.29, 0.717) is 5.75 Å². The molecule has 0 spiro atoms. The topological polar surface area (TPSA) is 29.5 Å². The van der Waals surface area contributed by atoms with E-state index in [1.165, 1.54) is 273 Å². The lowest BCUT2D eigenvalue weighted by Gasteiger charge is -2.25. The summed E-state index contributed by atoms with van der Waals surface area (Å²) in [5.74, 6) is 1.78. The van der Waals surface area contributed by atoms with E-state index in [1.807, 2.05) is 0 Å². The SMILES string of the molecule is CCCCCCCCCCOc1c(CCCCCCCCCC)c(O)c(CCCCCCCCCC)c(CCCCCCCCCC)c1CCCCCCCCCC. The van der Waals surface area contributed by atoms with Gasteiger partial charge in [0.05, 0.1) is 6.61 Å². The van der Waals surface area contributed by atoms with Crippen molar-refractivity contribution in [2.75, 3.05) is 6.61 Å². The van der Waals surface area contributed by atoms with Crippen LogP contribution in [-0.2, 0) is 25.7 Å². The summed E-state index contributed by atoms with van der Waals surface area (Å²) in [6, 6.07) is 0. The van der Waals surface area contributed by atoms with Crippen LogP contribution in [-0.4, -0.2) is 11.7 Å². The molecular weight excluding hydrogens is 705 g/mol. The number of phenols is 1. The molecule has 0 heterocycles. The van der Waals surface area contributed by atoms with E-state index in [1.54, 1.807) is 0 Å². The number of hydrogen-bond donors (Lipinski definition) is 1. The van der Waals surface area contributed by atoms with Gasteiger partial charge in [0.2, 0.25) is 0 Å². The molecule has 0 aromatic heterocycles. The molecule has 0 aliphatic heterocycles. The van der Waals surface area contributed by atoms with Gasteiger partial charge in [-0.3, -0.25) is 0 Å². The van der Waals surface area contributed by atoms with Crippen molar-refractivity contribution >= 4 is 0 Å². The average molecular weight is 811 g/mol. The van der Waals surface area contributed by atoms with E-state index in [0.717, 1.165) is 44.5 Å². The maximum absolute atomic E-state index is 12.5. The van der Waals surface area contributed by atoms with Crippen molar-refractivity contribution in [1.29, 1.82) is 0 Å². The normalized spacial score (nSPS) is 11.6. The quantitative estimate of drug-likeness (QED) is 0.0665. The Morgan fingerprint density at radius 3 is 0.828 bits per heavy atom. The fourth-order valence-corrected chi connectivity index (χ4v) is 9.33. The van der Waals surface area contributed by atoms with Crippen LogP contribution in [0.1, 0.15) is 314 Å². The molecule has 1 rings (SSSR count). The van der Waals surface area contributed by atoms with Crippen molar-refractivity contribution < 1.29 is 9.84 Å². The molecule has 1 aromatic carbocycles. The Morgan fingerprint density at radius 2 is 0.500 bits per heavy atom. The van der Waals surface area contributed by atoms with E-state index in [9.17, 15) is 5.11 Å². The Kier molecular flexibility index (Phi) is 40.2. The minimum atomic E-state index is 0.644. The molecule has 0 fully saturated rings. The fourth-order valence-electron chi connectivity index (χ4n) is 9.33. The number of aromatic hydroxyl groups is 1. The Morgan fingerprint density at radius 1 is 0.259 bits per heavy atom. The zero-order valence-corrected chi connectivity index (χ0v) is 40.7. The first-order valence-electron chi connectivity index (χ1n) is 27.2. The molecule has 0 aliphatic rings. The number of ether oxygens (including phenoxy) is 1. The van der Waals surface area contributed by atoms with Gasteiger partial charge >= 0.3 is 0 Å². The van der Waals surface area contributed by atoms with E-state index in [4.69, 9.17) is 4.74 Å². The van der Waals surface area contributed by atoms with E-state index < -0.39 is 0 Å². The summed E-state index contributed by atoms with van der Waals surface area (Å²) in [7, 11) is 0. The maximum Gasteiger partial charge on any atom is 0.129 e. The molecule has 0 amide bonds. The third-order valence-electron chi connectivity index (χ3n) is 13.2. The molecule has 58 heavy (non-hydrogen) atoms. The number of rotatable bonds is 46. The monoisotopic (exact) mass is 811 g/mol. The van der Waals surface area contributed by atoms with Crippen molar-refractivity contribution in [1.82, 2.24) is 0 Å². The van der Waals surface area contributed by atoms with Crippen LogP contribution >= 0.6 is 0 Å². The van der Waals surface area contributed by atoms with Crippen LogP contribution in [0.15, 0.2) is 0 Å². The summed E-state index contributed by atoms with van der Waals surface area (Å²) < 4.78 is 7.05. The second-order valence-electron chi connectivity index (χ2n) is 18.8. The van der Waals surface area contributed by atoms with Gasteiger partial charge < -0.3 is 9.84 Å². The molecule has 2 heteroatoms. The third kappa shape index (κ3) is 29.1. The average Bonchev–Trinajstić information content (AvgIpc) is 3.23. The highest BCUT2D eigenvalue weighted by molar-refractivity contribution is 5.59. The van der Waals surface area contributed by atoms with Crippen molar-refractivity contribution in [3.8, 4) is 11.5 Å². The van der Waals surface area contributed by atoms with Crippen molar-refractivity contribution in [2.24, 2.45) is 0 Å². The molecule has 1 aromatic rings. The highest BCUT2D eigenvalue weighted by atomic mass is 16.5. The van der Waals surface area contributed by atoms with Crippen LogP contribution in [0.3, 0.4) is 0 Å². The lowest BCUT2D eigenvalue weighted by Crippen LogP contribution is -2.11. The van der Waals surface area contributed by atoms with Gasteiger partial charge in [0.15, 0.2) is 0 Å². The smallest absolute Gasteiger partial charge is 0.129 e. The first-order chi connectivity index (χ1) is 28.7. The first kappa shape index (κ1) is 54.8. The third-order valence-corrected chi connectivity index (χ3v) is 13.2. The largest absolute Gasteiger partial charge is 0.507 e. The molecule has 0 bridgehead atoms. The lowest BCUT2D eigenvalue weighted by molar-refractivity contribution is 0.294. The summed E-state index contributed by atoms with van der Waals surface area (Å²) in [5, 5.41) is 12.5. The standard InChI is InChI=1S/C56H106O2/c1-6-11-16-21-26-31-36-41-46-51-52(47-42-37-32-27-22-17-12-7-2)55(57)54(49-44-39-34-29-24-19-14-9-4)56(58-50-45-40-35-30-25-20-15-10-5)53(51)48-43-38-33-28-23-18-13-8-3/h57H,6-50H2,1-5H3. The summed E-state index contributed by atoms with van der Waals surface area (Å²) in [5.41, 5.74) is 5.56. The van der Waals surface area contributed by atoms with Gasteiger partial charge in [0.1, 0.15) is 11.5 Å². The predicted molar refractivity (Wildman–Crippen MR) is 261 cm³/mol. The van der Waals surface area contributed by atoms with Gasteiger partial charge in [-0.15, -0.1) is 0 Å². The van der Waals surface area contributed by atoms with Gasteiger partial charge in [-0.2, -0.15) is 0 Å². The first-order valence-corrected chi connectivity index (χ1v) is 27.2. The number of hydrogen-bond acceptors (Lipinski definition) is 2. The number of benzene rings is 1. The zero-order chi connectivity index (χ0) is 42.0. The van der Waals surface area contributed by atoms with Gasteiger partial charge in [-0.25, -0.2) is 0 Å². The van der Waals surface area contributed by atoms with E-state index >= 15 is 0 Å². The zero-order valence-electron chi connectivity index (χ0n) is 40.7. The minimum absolute atomic E-state index is 0.644. The van der Waals surface area contributed by atoms with Gasteiger partial charge in [-0.1, -0.05) is 259 Å². The number of unbranched alkanes of at least 4 members (excludes halogenated alkanes) is 35. The Balaban J connectivity index is 3.37. The number of phenolic OH excluding ortho intramolecular Hbond substituents is 1. The molecule has 0 saturated carbocycles. The summed E-state index contributed by atoms with van der Waals surface area (Å²) in [6.07, 6.45) is 57.8. The molecule has 2 nitrogen and oxygen atoms in total. The second kappa shape index (κ2) is 42.5. The molecule has 0 atom stereocenters. The van der Waals surface area contributed by atoms with Gasteiger partial charge in [-0.05, 0) is 74.5 Å². The molecule has 0 radical (unpaired) electrons. The Labute approximate surface area is 366 Å². The van der Waals surface area contributed by atoms with Crippen molar-refractivity contribution in [3.63, 3.8) is 0 Å². The van der Waals surface area contributed by atoms with Crippen LogP contribution < -0.4 is 4.74 Å². The van der Waals surface area contributed by atoms with Crippen LogP contribution in [0.4, 0.5) is 0 Å². The summed E-state index contributed by atoms with van der Waals surface area (Å²) in [6.45, 7) is 12.4. The van der Waals surface area contributed by atoms with E-state index in [2.05, 4.69) is 34.6 Å².